The normalized spacial score (nSPS) is 9.88. The van der Waals surface area contributed by atoms with Gasteiger partial charge in [-0.3, -0.25) is 0 Å². The molecule has 0 saturated heterocycles. The van der Waals surface area contributed by atoms with Crippen LogP contribution in [0.3, 0.4) is 0 Å². The van der Waals surface area contributed by atoms with Gasteiger partial charge in [-0.2, -0.15) is 0 Å². The van der Waals surface area contributed by atoms with Gasteiger partial charge in [-0.15, -0.1) is 0 Å². The van der Waals surface area contributed by atoms with E-state index in [1.54, 1.807) is 0 Å². The number of rotatable bonds is 8. The molecule has 4 nitrogen and oxygen atoms in total. The van der Waals surface area contributed by atoms with E-state index in [0.29, 0.717) is 9.98 Å². The van der Waals surface area contributed by atoms with E-state index in [0.717, 1.165) is 38.8 Å². The van der Waals surface area contributed by atoms with Gasteiger partial charge < -0.3 is 20.8 Å². The van der Waals surface area contributed by atoms with Gasteiger partial charge in [0.15, 0.2) is 0 Å². The highest BCUT2D eigenvalue weighted by atomic mass is 32.1. The number of aliphatic hydroxyl groups is 2. The van der Waals surface area contributed by atoms with Crippen LogP contribution in [0.2, 0.25) is 0 Å². The second-order valence-corrected chi connectivity index (χ2v) is 4.19. The first-order valence-electron chi connectivity index (χ1n) is 5.50. The summed E-state index contributed by atoms with van der Waals surface area (Å²) in [6.45, 7) is 1.88. The highest BCUT2D eigenvalue weighted by Gasteiger charge is 2.02. The molecular formula is C10H20N2O2S2. The van der Waals surface area contributed by atoms with Crippen molar-refractivity contribution in [2.24, 2.45) is 0 Å². The highest BCUT2D eigenvalue weighted by molar-refractivity contribution is 7.89. The Bertz CT molecular complexity index is 191. The van der Waals surface area contributed by atoms with Crippen LogP contribution in [0.1, 0.15) is 25.7 Å². The summed E-state index contributed by atoms with van der Waals surface area (Å²) in [5.41, 5.74) is 0. The predicted octanol–water partition coefficient (Wildman–Crippen LogP) is 0.365. The van der Waals surface area contributed by atoms with E-state index >= 15 is 0 Å². The van der Waals surface area contributed by atoms with Crippen molar-refractivity contribution < 1.29 is 10.2 Å². The van der Waals surface area contributed by atoms with Gasteiger partial charge in [0.1, 0.15) is 9.98 Å². The molecule has 0 aromatic carbocycles. The summed E-state index contributed by atoms with van der Waals surface area (Å²) in [6.07, 6.45) is 3.30. The van der Waals surface area contributed by atoms with Crippen LogP contribution in [0.4, 0.5) is 0 Å². The fourth-order valence-electron chi connectivity index (χ4n) is 1.04. The van der Waals surface area contributed by atoms with Crippen molar-refractivity contribution in [1.82, 2.24) is 10.6 Å². The minimum Gasteiger partial charge on any atom is -0.396 e. The summed E-state index contributed by atoms with van der Waals surface area (Å²) in [6, 6.07) is 0. The number of nitrogens with one attached hydrogen (secondary N) is 2. The molecule has 0 atom stereocenters. The van der Waals surface area contributed by atoms with Crippen LogP contribution in [0.15, 0.2) is 0 Å². The van der Waals surface area contributed by atoms with E-state index in [9.17, 15) is 0 Å². The van der Waals surface area contributed by atoms with Gasteiger partial charge in [0.05, 0.1) is 0 Å². The summed E-state index contributed by atoms with van der Waals surface area (Å²) in [4.78, 5) is 1.11. The maximum atomic E-state index is 8.59. The Hall–Kier alpha value is -0.300. The van der Waals surface area contributed by atoms with Crippen molar-refractivity contribution in [3.05, 3.63) is 0 Å². The topological polar surface area (TPSA) is 64.5 Å². The lowest BCUT2D eigenvalue weighted by atomic mass is 10.3. The molecule has 0 radical (unpaired) electrons. The van der Waals surface area contributed by atoms with Crippen molar-refractivity contribution in [2.45, 2.75) is 25.7 Å². The van der Waals surface area contributed by atoms with Crippen LogP contribution in [-0.4, -0.2) is 46.5 Å². The summed E-state index contributed by atoms with van der Waals surface area (Å²) in [5.74, 6) is 0. The van der Waals surface area contributed by atoms with Gasteiger partial charge in [-0.25, -0.2) is 0 Å². The maximum absolute atomic E-state index is 8.59. The molecular weight excluding hydrogens is 244 g/mol. The second kappa shape index (κ2) is 11.2. The number of hydrogen-bond donors (Lipinski definition) is 4. The third-order valence-corrected chi connectivity index (χ3v) is 2.77. The molecule has 4 N–H and O–H groups in total. The molecule has 0 aromatic rings. The van der Waals surface area contributed by atoms with Gasteiger partial charge in [0.2, 0.25) is 0 Å². The lowest BCUT2D eigenvalue weighted by molar-refractivity contribution is 0.284. The average Bonchev–Trinajstić information content (AvgIpc) is 2.29. The van der Waals surface area contributed by atoms with Gasteiger partial charge >= 0.3 is 0 Å². The molecule has 94 valence electrons. The average molecular weight is 264 g/mol. The molecule has 0 amide bonds. The number of thiocarbonyl (C=S) groups is 2. The largest absolute Gasteiger partial charge is 0.396 e. The van der Waals surface area contributed by atoms with E-state index in [4.69, 9.17) is 34.6 Å². The predicted molar refractivity (Wildman–Crippen MR) is 73.8 cm³/mol. The van der Waals surface area contributed by atoms with E-state index in [1.807, 2.05) is 0 Å². The van der Waals surface area contributed by atoms with Crippen LogP contribution in [-0.2, 0) is 0 Å². The van der Waals surface area contributed by atoms with E-state index in [2.05, 4.69) is 10.6 Å². The number of unbranched alkanes of at least 4 members (excludes halogenated alkanes) is 2. The summed E-state index contributed by atoms with van der Waals surface area (Å²) >= 11 is 10.2. The highest BCUT2D eigenvalue weighted by Crippen LogP contribution is 1.88. The zero-order valence-corrected chi connectivity index (χ0v) is 11.0. The molecule has 0 spiro atoms. The first-order valence-corrected chi connectivity index (χ1v) is 6.31. The van der Waals surface area contributed by atoms with Crippen LogP contribution in [0.25, 0.3) is 0 Å². The summed E-state index contributed by atoms with van der Waals surface area (Å²) < 4.78 is 0. The Morgan fingerprint density at radius 1 is 0.750 bits per heavy atom. The van der Waals surface area contributed by atoms with E-state index < -0.39 is 0 Å². The zero-order valence-electron chi connectivity index (χ0n) is 9.37. The molecule has 0 heterocycles. The lowest BCUT2D eigenvalue weighted by Crippen LogP contribution is -2.38. The molecule has 0 bridgehead atoms. The fraction of sp³-hybridized carbons (Fsp3) is 0.800. The standard InChI is InChI=1S/C10H20N2O2S2/c13-7-3-1-5-11-9(15)10(16)12-6-2-4-8-14/h13-14H,1-8H2,(H,11,15)(H,12,16). The summed E-state index contributed by atoms with van der Waals surface area (Å²) in [5, 5.41) is 23.2. The first-order chi connectivity index (χ1) is 7.72. The third kappa shape index (κ3) is 8.96. The van der Waals surface area contributed by atoms with Crippen molar-refractivity contribution in [3.8, 4) is 0 Å². The monoisotopic (exact) mass is 264 g/mol. The van der Waals surface area contributed by atoms with Crippen LogP contribution in [0, 0.1) is 0 Å². The molecule has 0 aromatic heterocycles. The Kier molecular flexibility index (Phi) is 11.0. The first kappa shape index (κ1) is 15.7. The Morgan fingerprint density at radius 3 is 1.44 bits per heavy atom. The van der Waals surface area contributed by atoms with E-state index in [1.165, 1.54) is 0 Å². The van der Waals surface area contributed by atoms with Crippen molar-refractivity contribution in [2.75, 3.05) is 26.3 Å². The summed E-state index contributed by atoms with van der Waals surface area (Å²) in [7, 11) is 0. The van der Waals surface area contributed by atoms with Gasteiger partial charge in [0, 0.05) is 26.3 Å². The quantitative estimate of drug-likeness (QED) is 0.375. The molecule has 0 aliphatic rings. The Labute approximate surface area is 107 Å². The Morgan fingerprint density at radius 2 is 1.12 bits per heavy atom. The third-order valence-electron chi connectivity index (χ3n) is 1.95. The van der Waals surface area contributed by atoms with Crippen LogP contribution in [0.5, 0.6) is 0 Å². The molecule has 0 fully saturated rings. The molecule has 0 rings (SSSR count). The molecule has 0 aliphatic carbocycles. The molecule has 0 aliphatic heterocycles. The minimum absolute atomic E-state index is 0.207. The molecule has 0 unspecified atom stereocenters. The van der Waals surface area contributed by atoms with Gasteiger partial charge in [-0.05, 0) is 25.7 Å². The van der Waals surface area contributed by atoms with Crippen LogP contribution < -0.4 is 10.6 Å². The Balaban J connectivity index is 3.46. The van der Waals surface area contributed by atoms with Crippen molar-refractivity contribution in [3.63, 3.8) is 0 Å². The van der Waals surface area contributed by atoms with Crippen LogP contribution >= 0.6 is 24.4 Å². The molecule has 0 saturated carbocycles. The number of hydrogen-bond acceptors (Lipinski definition) is 4. The van der Waals surface area contributed by atoms with Gasteiger partial charge in [-0.1, -0.05) is 24.4 Å². The van der Waals surface area contributed by atoms with Gasteiger partial charge in [0.25, 0.3) is 0 Å². The zero-order chi connectivity index (χ0) is 12.2. The van der Waals surface area contributed by atoms with Crippen molar-refractivity contribution in [1.29, 1.82) is 0 Å². The SMILES string of the molecule is OCCCCNC(=S)C(=S)NCCCCO. The molecule has 6 heteroatoms. The fourth-order valence-corrected chi connectivity index (χ4v) is 1.39. The van der Waals surface area contributed by atoms with Crippen molar-refractivity contribution >= 4 is 34.4 Å². The van der Waals surface area contributed by atoms with E-state index in [-0.39, 0.29) is 13.2 Å². The number of aliphatic hydroxyl groups excluding tert-OH is 2. The smallest absolute Gasteiger partial charge is 0.134 e. The minimum atomic E-state index is 0.207. The second-order valence-electron chi connectivity index (χ2n) is 3.37. The molecule has 16 heavy (non-hydrogen) atoms. The maximum Gasteiger partial charge on any atom is 0.134 e. The lowest BCUT2D eigenvalue weighted by Gasteiger charge is -2.10.